The summed E-state index contributed by atoms with van der Waals surface area (Å²) in [5, 5.41) is 0. The van der Waals surface area contributed by atoms with Crippen LogP contribution in [0.2, 0.25) is 0 Å². The Hall–Kier alpha value is -1.79. The number of hydrogen-bond donors (Lipinski definition) is 0. The van der Waals surface area contributed by atoms with E-state index in [4.69, 9.17) is 0 Å². The molecule has 3 rings (SSSR count). The Bertz CT molecular complexity index is 752. The topological polar surface area (TPSA) is 7.94 Å². The second kappa shape index (κ2) is 3.90. The van der Waals surface area contributed by atoms with E-state index in [1.165, 1.54) is 13.8 Å². The number of aromatic nitrogens is 1. The standard InChI is InChI=1S/C14H15BF4N2/c1-8-5-10(3)20-12(8)7-13-9(2)6-11(4)21(13)15(20,19)14(16,17)18/h5-7H,1-4H3. The van der Waals surface area contributed by atoms with E-state index in [1.807, 2.05) is 0 Å². The van der Waals surface area contributed by atoms with Crippen molar-refractivity contribution >= 4 is 18.5 Å². The highest BCUT2D eigenvalue weighted by molar-refractivity contribution is 6.67. The van der Waals surface area contributed by atoms with Gasteiger partial charge in [0.2, 0.25) is 0 Å². The van der Waals surface area contributed by atoms with Gasteiger partial charge in [-0.2, -0.15) is 13.2 Å². The number of allylic oxidation sites excluding steroid dienone is 2. The predicted molar refractivity (Wildman–Crippen MR) is 74.9 cm³/mol. The van der Waals surface area contributed by atoms with Crippen molar-refractivity contribution in [3.05, 3.63) is 40.4 Å². The highest BCUT2D eigenvalue weighted by Crippen LogP contribution is 2.43. The Morgan fingerprint density at radius 1 is 1.10 bits per heavy atom. The maximum atomic E-state index is 15.5. The van der Waals surface area contributed by atoms with Crippen LogP contribution in [-0.4, -0.2) is 27.4 Å². The van der Waals surface area contributed by atoms with Crippen LogP contribution in [-0.2, 0) is 0 Å². The first-order chi connectivity index (χ1) is 9.59. The number of aryl methyl sites for hydroxylation is 2. The lowest BCUT2D eigenvalue weighted by atomic mass is 9.64. The molecule has 0 N–H and O–H groups in total. The van der Waals surface area contributed by atoms with Crippen LogP contribution >= 0.6 is 0 Å². The molecule has 7 heteroatoms. The molecule has 2 nitrogen and oxygen atoms in total. The molecule has 1 atom stereocenters. The minimum atomic E-state index is -5.00. The largest absolute Gasteiger partial charge is 0.649 e. The van der Waals surface area contributed by atoms with Crippen molar-refractivity contribution in [1.29, 1.82) is 0 Å². The molecule has 2 aliphatic rings. The minimum absolute atomic E-state index is 0.273. The van der Waals surface area contributed by atoms with Crippen LogP contribution in [0.15, 0.2) is 23.4 Å². The Kier molecular flexibility index (Phi) is 2.63. The van der Waals surface area contributed by atoms with E-state index in [0.29, 0.717) is 22.5 Å². The molecular weight excluding hydrogens is 283 g/mol. The Morgan fingerprint density at radius 2 is 1.71 bits per heavy atom. The number of rotatable bonds is 0. The van der Waals surface area contributed by atoms with Gasteiger partial charge in [-0.1, -0.05) is 0 Å². The molecule has 3 heterocycles. The predicted octanol–water partition coefficient (Wildman–Crippen LogP) is 3.75. The minimum Gasteiger partial charge on any atom is -0.422 e. The van der Waals surface area contributed by atoms with E-state index in [9.17, 15) is 13.2 Å². The Balaban J connectivity index is 2.45. The van der Waals surface area contributed by atoms with Gasteiger partial charge in [0, 0.05) is 30.3 Å². The van der Waals surface area contributed by atoms with Crippen molar-refractivity contribution in [3.63, 3.8) is 0 Å². The van der Waals surface area contributed by atoms with Gasteiger partial charge in [0.05, 0.1) is 0 Å². The number of fused-ring (bicyclic) bond motifs is 2. The first kappa shape index (κ1) is 14.2. The van der Waals surface area contributed by atoms with Gasteiger partial charge in [-0.05, 0) is 38.1 Å². The second-order valence-electron chi connectivity index (χ2n) is 5.81. The molecule has 0 bridgehead atoms. The quantitative estimate of drug-likeness (QED) is 0.509. The Labute approximate surface area is 120 Å². The van der Waals surface area contributed by atoms with E-state index >= 15 is 4.32 Å². The van der Waals surface area contributed by atoms with Crippen molar-refractivity contribution < 1.29 is 22.0 Å². The van der Waals surface area contributed by atoms with E-state index in [1.54, 1.807) is 32.1 Å². The van der Waals surface area contributed by atoms with Crippen LogP contribution in [0.25, 0.3) is 6.08 Å². The molecule has 1 unspecified atom stereocenters. The van der Waals surface area contributed by atoms with E-state index < -0.39 is 12.8 Å². The molecule has 0 saturated carbocycles. The molecule has 1 aromatic heterocycles. The van der Waals surface area contributed by atoms with Crippen LogP contribution < -0.4 is 0 Å². The van der Waals surface area contributed by atoms with E-state index in [2.05, 4.69) is 0 Å². The molecule has 2 aliphatic heterocycles. The van der Waals surface area contributed by atoms with Gasteiger partial charge in [0.25, 0.3) is 0 Å². The van der Waals surface area contributed by atoms with Gasteiger partial charge in [0.15, 0.2) is 5.70 Å². The van der Waals surface area contributed by atoms with Crippen molar-refractivity contribution in [2.24, 2.45) is 0 Å². The first-order valence-electron chi connectivity index (χ1n) is 6.72. The summed E-state index contributed by atoms with van der Waals surface area (Å²) in [5.41, 5.74) is 2.42. The molecule has 0 fully saturated rings. The van der Waals surface area contributed by atoms with Crippen LogP contribution in [0.3, 0.4) is 0 Å². The maximum Gasteiger partial charge on any atom is 0.649 e. The van der Waals surface area contributed by atoms with Gasteiger partial charge >= 0.3 is 12.8 Å². The lowest BCUT2D eigenvalue weighted by molar-refractivity contribution is -0.374. The molecule has 0 aliphatic carbocycles. The van der Waals surface area contributed by atoms with Gasteiger partial charge in [0.1, 0.15) is 5.71 Å². The monoisotopic (exact) mass is 298 g/mol. The van der Waals surface area contributed by atoms with Crippen molar-refractivity contribution in [2.45, 2.75) is 33.8 Å². The fourth-order valence-electron chi connectivity index (χ4n) is 3.49. The van der Waals surface area contributed by atoms with Crippen molar-refractivity contribution in [2.75, 3.05) is 0 Å². The zero-order valence-corrected chi connectivity index (χ0v) is 12.2. The fourth-order valence-corrected chi connectivity index (χ4v) is 3.49. The summed E-state index contributed by atoms with van der Waals surface area (Å²) in [7, 11) is 0. The molecule has 0 spiro atoms. The lowest BCUT2D eigenvalue weighted by Crippen LogP contribution is -2.64. The molecule has 1 aromatic rings. The number of halogens is 4. The SMILES string of the molecule is CC1=CC(C)=[N+]2C1=Cc1c(C)cc(C)n1[B-]2(F)C(F)(F)F. The van der Waals surface area contributed by atoms with Gasteiger partial charge < -0.3 is 13.3 Å². The summed E-state index contributed by atoms with van der Waals surface area (Å²) >= 11 is 0. The summed E-state index contributed by atoms with van der Waals surface area (Å²) < 4.78 is 58.0. The lowest BCUT2D eigenvalue weighted by Gasteiger charge is -2.38. The van der Waals surface area contributed by atoms with Crippen LogP contribution in [0.1, 0.15) is 30.8 Å². The zero-order chi connectivity index (χ0) is 15.7. The molecule has 21 heavy (non-hydrogen) atoms. The summed E-state index contributed by atoms with van der Waals surface area (Å²) in [5.74, 6) is 0. The zero-order valence-electron chi connectivity index (χ0n) is 12.2. The average molecular weight is 298 g/mol. The summed E-state index contributed by atoms with van der Waals surface area (Å²) in [4.78, 5) is 0. The van der Waals surface area contributed by atoms with E-state index in [-0.39, 0.29) is 11.4 Å². The Morgan fingerprint density at radius 3 is 2.29 bits per heavy atom. The fraction of sp³-hybridized carbons (Fsp3) is 0.357. The second-order valence-corrected chi connectivity index (χ2v) is 5.81. The molecule has 112 valence electrons. The van der Waals surface area contributed by atoms with Crippen LogP contribution in [0.5, 0.6) is 0 Å². The molecule has 0 aromatic carbocycles. The maximum absolute atomic E-state index is 15.5. The molecular formula is C14H15BF4N2. The van der Waals surface area contributed by atoms with E-state index in [0.717, 1.165) is 8.96 Å². The first-order valence-corrected chi connectivity index (χ1v) is 6.72. The van der Waals surface area contributed by atoms with Crippen LogP contribution in [0, 0.1) is 13.8 Å². The normalized spacial score (nSPS) is 24.8. The molecule has 0 radical (unpaired) electrons. The third kappa shape index (κ3) is 1.57. The summed E-state index contributed by atoms with van der Waals surface area (Å²) in [6, 6.07) is 1.59. The van der Waals surface area contributed by atoms with Crippen molar-refractivity contribution in [3.8, 4) is 0 Å². The third-order valence-electron chi connectivity index (χ3n) is 4.31. The number of nitrogens with zero attached hydrogens (tertiary/aromatic N) is 2. The number of alkyl halides is 3. The van der Waals surface area contributed by atoms with Gasteiger partial charge in [-0.3, -0.25) is 0 Å². The van der Waals surface area contributed by atoms with Gasteiger partial charge in [-0.25, -0.2) is 0 Å². The molecule has 0 saturated heterocycles. The number of hydrogen-bond acceptors (Lipinski definition) is 0. The highest BCUT2D eigenvalue weighted by atomic mass is 19.4. The summed E-state index contributed by atoms with van der Waals surface area (Å²) in [6.07, 6.45) is -1.77. The smallest absolute Gasteiger partial charge is 0.422 e. The van der Waals surface area contributed by atoms with Crippen LogP contribution in [0.4, 0.5) is 17.5 Å². The summed E-state index contributed by atoms with van der Waals surface area (Å²) in [6.45, 7) is 1.98. The average Bonchev–Trinajstić information content (AvgIpc) is 2.78. The highest BCUT2D eigenvalue weighted by Gasteiger charge is 2.69. The third-order valence-corrected chi connectivity index (χ3v) is 4.31. The molecule has 0 amide bonds. The van der Waals surface area contributed by atoms with Gasteiger partial charge in [-0.15, -0.1) is 0 Å². The van der Waals surface area contributed by atoms with Crippen molar-refractivity contribution in [1.82, 2.24) is 4.48 Å².